The Morgan fingerprint density at radius 1 is 0.969 bits per heavy atom. The summed E-state index contributed by atoms with van der Waals surface area (Å²) >= 11 is 1.13. The van der Waals surface area contributed by atoms with Gasteiger partial charge in [0, 0.05) is 19.2 Å². The van der Waals surface area contributed by atoms with E-state index in [0.29, 0.717) is 23.9 Å². The lowest BCUT2D eigenvalue weighted by molar-refractivity contribution is -0.120. The number of H-pyrrole nitrogens is 1. The highest BCUT2D eigenvalue weighted by atomic mass is 32.2. The van der Waals surface area contributed by atoms with Gasteiger partial charge in [0.1, 0.15) is 0 Å². The fourth-order valence-electron chi connectivity index (χ4n) is 2.95. The van der Waals surface area contributed by atoms with Gasteiger partial charge in [0.15, 0.2) is 5.16 Å². The molecule has 0 bridgehead atoms. The van der Waals surface area contributed by atoms with Crippen molar-refractivity contribution in [2.45, 2.75) is 31.5 Å². The number of aromatic amines is 1. The van der Waals surface area contributed by atoms with Gasteiger partial charge in [0.25, 0.3) is 5.56 Å². The van der Waals surface area contributed by atoms with Crippen molar-refractivity contribution in [2.24, 2.45) is 0 Å². The number of hydrogen-bond acceptors (Lipinski definition) is 5. The van der Waals surface area contributed by atoms with E-state index in [1.165, 1.54) is 6.07 Å². The summed E-state index contributed by atoms with van der Waals surface area (Å²) in [5.74, 6) is -0.255. The van der Waals surface area contributed by atoms with Crippen molar-refractivity contribution in [2.75, 3.05) is 12.3 Å². The molecule has 32 heavy (non-hydrogen) atoms. The third-order valence-corrected chi connectivity index (χ3v) is 5.52. The minimum atomic E-state index is -0.352. The van der Waals surface area contributed by atoms with Gasteiger partial charge < -0.3 is 15.6 Å². The quantitative estimate of drug-likeness (QED) is 0.325. The molecule has 3 rings (SSSR count). The second kappa shape index (κ2) is 11.9. The Hall–Kier alpha value is -3.39. The number of carbonyl (C=O) groups excluding carboxylic acids is 2. The van der Waals surface area contributed by atoms with E-state index in [4.69, 9.17) is 0 Å². The number of hydrogen-bond donors (Lipinski definition) is 3. The largest absolute Gasteiger partial charge is 0.355 e. The van der Waals surface area contributed by atoms with Crippen LogP contribution < -0.4 is 16.2 Å². The van der Waals surface area contributed by atoms with Crippen molar-refractivity contribution in [3.8, 4) is 0 Å². The molecule has 2 aromatic carbocycles. The van der Waals surface area contributed by atoms with Crippen LogP contribution in [0.2, 0.25) is 0 Å². The van der Waals surface area contributed by atoms with Crippen LogP contribution in [-0.4, -0.2) is 34.1 Å². The van der Waals surface area contributed by atoms with E-state index in [-0.39, 0.29) is 29.5 Å². The van der Waals surface area contributed by atoms with E-state index < -0.39 is 0 Å². The van der Waals surface area contributed by atoms with Gasteiger partial charge in [0.2, 0.25) is 11.8 Å². The van der Waals surface area contributed by atoms with Crippen LogP contribution in [0.1, 0.15) is 22.4 Å². The minimum Gasteiger partial charge on any atom is -0.355 e. The topological polar surface area (TPSA) is 104 Å². The number of carbonyl (C=O) groups is 2. The summed E-state index contributed by atoms with van der Waals surface area (Å²) in [5.41, 5.74) is 3.33. The van der Waals surface area contributed by atoms with Gasteiger partial charge in [-0.25, -0.2) is 4.98 Å². The first-order valence-corrected chi connectivity index (χ1v) is 11.3. The summed E-state index contributed by atoms with van der Waals surface area (Å²) in [5, 5.41) is 6.00. The predicted octanol–water partition coefficient (Wildman–Crippen LogP) is 2.39. The zero-order valence-corrected chi connectivity index (χ0v) is 18.7. The van der Waals surface area contributed by atoms with Gasteiger partial charge in [-0.3, -0.25) is 14.4 Å². The Bertz CT molecular complexity index is 1100. The third kappa shape index (κ3) is 8.03. The summed E-state index contributed by atoms with van der Waals surface area (Å²) in [6.07, 6.45) is 0.736. The first-order chi connectivity index (χ1) is 15.5. The van der Waals surface area contributed by atoms with E-state index >= 15 is 0 Å². The lowest BCUT2D eigenvalue weighted by Crippen LogP contribution is -2.28. The van der Waals surface area contributed by atoms with E-state index in [1.54, 1.807) is 0 Å². The Morgan fingerprint density at radius 3 is 2.47 bits per heavy atom. The van der Waals surface area contributed by atoms with Crippen LogP contribution in [0.3, 0.4) is 0 Å². The van der Waals surface area contributed by atoms with E-state index in [2.05, 4.69) is 20.6 Å². The number of benzene rings is 2. The Balaban J connectivity index is 1.44. The molecule has 0 radical (unpaired) electrons. The van der Waals surface area contributed by atoms with Crippen LogP contribution in [-0.2, 0) is 29.0 Å². The van der Waals surface area contributed by atoms with Crippen LogP contribution in [0.5, 0.6) is 0 Å². The number of aromatic nitrogens is 2. The first-order valence-electron chi connectivity index (χ1n) is 10.3. The van der Waals surface area contributed by atoms with Crippen molar-refractivity contribution < 1.29 is 9.59 Å². The van der Waals surface area contributed by atoms with E-state index in [9.17, 15) is 14.4 Å². The van der Waals surface area contributed by atoms with E-state index in [1.807, 2.05) is 61.5 Å². The molecule has 0 aliphatic carbocycles. The number of nitrogens with zero attached hydrogens (tertiary/aromatic N) is 1. The third-order valence-electron chi connectivity index (χ3n) is 4.64. The lowest BCUT2D eigenvalue weighted by atomic mass is 10.1. The molecule has 1 heterocycles. The number of aryl methyl sites for hydroxylation is 1. The van der Waals surface area contributed by atoms with Crippen LogP contribution in [0, 0.1) is 6.92 Å². The van der Waals surface area contributed by atoms with Crippen molar-refractivity contribution >= 4 is 23.6 Å². The zero-order valence-electron chi connectivity index (χ0n) is 17.9. The highest BCUT2D eigenvalue weighted by Crippen LogP contribution is 2.11. The van der Waals surface area contributed by atoms with Crippen LogP contribution in [0.4, 0.5) is 0 Å². The Labute approximate surface area is 191 Å². The fourth-order valence-corrected chi connectivity index (χ4v) is 3.68. The molecule has 0 aliphatic heterocycles. The summed E-state index contributed by atoms with van der Waals surface area (Å²) < 4.78 is 0. The lowest BCUT2D eigenvalue weighted by Gasteiger charge is -2.07. The summed E-state index contributed by atoms with van der Waals surface area (Å²) in [6, 6.07) is 19.1. The van der Waals surface area contributed by atoms with Crippen LogP contribution >= 0.6 is 11.8 Å². The van der Waals surface area contributed by atoms with Crippen molar-refractivity contribution in [3.63, 3.8) is 0 Å². The average Bonchev–Trinajstić information content (AvgIpc) is 2.77. The van der Waals surface area contributed by atoms with Gasteiger partial charge in [-0.05, 0) is 24.5 Å². The molecule has 0 spiro atoms. The molecule has 0 fully saturated rings. The number of nitrogens with one attached hydrogen (secondary N) is 3. The maximum atomic E-state index is 12.2. The predicted molar refractivity (Wildman–Crippen MR) is 125 cm³/mol. The fraction of sp³-hybridized carbons (Fsp3) is 0.250. The maximum absolute atomic E-state index is 12.2. The molecular formula is C24H26N4O3S. The summed E-state index contributed by atoms with van der Waals surface area (Å²) in [4.78, 5) is 43.2. The van der Waals surface area contributed by atoms with Gasteiger partial charge in [-0.1, -0.05) is 71.9 Å². The van der Waals surface area contributed by atoms with Crippen molar-refractivity contribution in [1.29, 1.82) is 0 Å². The highest BCUT2D eigenvalue weighted by molar-refractivity contribution is 7.99. The normalized spacial score (nSPS) is 10.5. The van der Waals surface area contributed by atoms with E-state index in [0.717, 1.165) is 34.9 Å². The highest BCUT2D eigenvalue weighted by Gasteiger charge is 2.10. The van der Waals surface area contributed by atoms with Gasteiger partial charge in [0.05, 0.1) is 17.9 Å². The number of amides is 2. The molecule has 8 heteroatoms. The number of rotatable bonds is 10. The zero-order chi connectivity index (χ0) is 22.8. The second-order valence-electron chi connectivity index (χ2n) is 7.36. The smallest absolute Gasteiger partial charge is 0.251 e. The minimum absolute atomic E-state index is 0.00584. The Kier molecular flexibility index (Phi) is 8.62. The molecule has 0 aliphatic rings. The maximum Gasteiger partial charge on any atom is 0.251 e. The van der Waals surface area contributed by atoms with Gasteiger partial charge >= 0.3 is 0 Å². The second-order valence-corrected chi connectivity index (χ2v) is 8.32. The van der Waals surface area contributed by atoms with Crippen molar-refractivity contribution in [1.82, 2.24) is 20.6 Å². The van der Waals surface area contributed by atoms with Crippen molar-refractivity contribution in [3.05, 3.63) is 93.4 Å². The standard InChI is InChI=1S/C24H26N4O3S/c1-17-7-9-19(10-8-17)15-26-23(31)16-32-24-27-20(14-22(30)28-24)13-21(29)25-12-11-18-5-3-2-4-6-18/h2-10,14H,11-13,15-16H2,1H3,(H,25,29)(H,26,31)(H,27,28,30). The molecule has 3 N–H and O–H groups in total. The molecule has 3 aromatic rings. The molecule has 0 saturated heterocycles. The summed E-state index contributed by atoms with van der Waals surface area (Å²) in [7, 11) is 0. The number of thioether (sulfide) groups is 1. The molecular weight excluding hydrogens is 424 g/mol. The molecule has 0 atom stereocenters. The molecule has 166 valence electrons. The van der Waals surface area contributed by atoms with Gasteiger partial charge in [-0.15, -0.1) is 0 Å². The van der Waals surface area contributed by atoms with Gasteiger partial charge in [-0.2, -0.15) is 0 Å². The van der Waals surface area contributed by atoms with Crippen LogP contribution in [0.25, 0.3) is 0 Å². The first kappa shape index (κ1) is 23.3. The molecule has 2 amide bonds. The SMILES string of the molecule is Cc1ccc(CNC(=O)CSc2nc(CC(=O)NCCc3ccccc3)cc(=O)[nH]2)cc1. The Morgan fingerprint density at radius 2 is 1.72 bits per heavy atom. The summed E-state index contributed by atoms with van der Waals surface area (Å²) in [6.45, 7) is 2.96. The average molecular weight is 451 g/mol. The molecule has 1 aromatic heterocycles. The molecule has 7 nitrogen and oxygen atoms in total. The monoisotopic (exact) mass is 450 g/mol. The van der Waals surface area contributed by atoms with Crippen LogP contribution in [0.15, 0.2) is 70.6 Å². The molecule has 0 saturated carbocycles. The molecule has 0 unspecified atom stereocenters.